The molecule has 1 unspecified atom stereocenters. The van der Waals surface area contributed by atoms with E-state index in [2.05, 4.69) is 5.32 Å². The number of hydrogen-bond donors (Lipinski definition) is 1. The number of allylic oxidation sites excluding steroid dienone is 1. The number of hydrogen-bond acceptors (Lipinski definition) is 6. The quantitative estimate of drug-likeness (QED) is 0.577. The first-order valence-electron chi connectivity index (χ1n) is 8.83. The summed E-state index contributed by atoms with van der Waals surface area (Å²) in [5.41, 5.74) is -0.531. The van der Waals surface area contributed by atoms with Crippen LogP contribution in [0.25, 0.3) is 0 Å². The van der Waals surface area contributed by atoms with E-state index in [1.165, 1.54) is 13.8 Å². The van der Waals surface area contributed by atoms with Gasteiger partial charge in [-0.15, -0.1) is 0 Å². The number of rotatable bonds is 4. The monoisotopic (exact) mass is 431 g/mol. The fourth-order valence-electron chi connectivity index (χ4n) is 3.19. The highest BCUT2D eigenvalue weighted by atomic mass is 19.1. The predicted octanol–water partition coefficient (Wildman–Crippen LogP) is 4.00. The fourth-order valence-corrected chi connectivity index (χ4v) is 3.19. The third kappa shape index (κ3) is 4.25. The van der Waals surface area contributed by atoms with Crippen LogP contribution in [0.5, 0.6) is 5.75 Å². The van der Waals surface area contributed by atoms with Crippen molar-refractivity contribution in [3.8, 4) is 5.75 Å². The van der Waals surface area contributed by atoms with Gasteiger partial charge in [-0.05, 0) is 32.0 Å². The molecule has 3 rings (SSSR count). The van der Waals surface area contributed by atoms with Crippen molar-refractivity contribution < 1.29 is 32.8 Å². The summed E-state index contributed by atoms with van der Waals surface area (Å²) in [5.74, 6) is -2.64. The zero-order valence-electron chi connectivity index (χ0n) is 16.2. The fraction of sp³-hybridized carbons (Fsp3) is 0.150. The summed E-state index contributed by atoms with van der Waals surface area (Å²) in [6.45, 7) is 2.58. The lowest BCUT2D eigenvalue weighted by Crippen LogP contribution is -2.52. The number of ketones is 1. The van der Waals surface area contributed by atoms with Crippen LogP contribution in [0.1, 0.15) is 25.5 Å². The van der Waals surface area contributed by atoms with Crippen molar-refractivity contribution in [2.45, 2.75) is 19.9 Å². The van der Waals surface area contributed by atoms with Crippen molar-refractivity contribution in [1.29, 1.82) is 0 Å². The molecule has 2 aromatic carbocycles. The summed E-state index contributed by atoms with van der Waals surface area (Å²) in [7, 11) is 0. The Kier molecular flexibility index (Phi) is 5.77. The molecule has 1 aliphatic rings. The number of urea groups is 1. The molecule has 11 heteroatoms. The molecule has 0 radical (unpaired) electrons. The molecule has 0 bridgehead atoms. The molecule has 0 saturated carbocycles. The second kappa shape index (κ2) is 8.30. The van der Waals surface area contributed by atoms with E-state index >= 15 is 0 Å². The number of halogens is 2. The van der Waals surface area contributed by atoms with Crippen LogP contribution < -0.4 is 10.1 Å². The first-order valence-corrected chi connectivity index (χ1v) is 8.83. The minimum atomic E-state index is -1.52. The number of Topliss-reactive ketones (excluding diaryl/α,β-unsaturated/α-hetero) is 1. The maximum absolute atomic E-state index is 14.6. The first-order chi connectivity index (χ1) is 14.6. The van der Waals surface area contributed by atoms with Gasteiger partial charge in [-0.1, -0.05) is 6.07 Å². The van der Waals surface area contributed by atoms with Gasteiger partial charge in [0.25, 0.3) is 5.69 Å². The average Bonchev–Trinajstić information content (AvgIpc) is 2.67. The Morgan fingerprint density at radius 3 is 2.35 bits per heavy atom. The van der Waals surface area contributed by atoms with Crippen LogP contribution in [-0.2, 0) is 4.79 Å². The van der Waals surface area contributed by atoms with Crippen LogP contribution in [0.2, 0.25) is 0 Å². The molecular formula is C20H15F2N3O6. The number of nitrogens with one attached hydrogen (secondary N) is 1. The number of carbonyl (C=O) groups is 3. The Morgan fingerprint density at radius 2 is 1.81 bits per heavy atom. The summed E-state index contributed by atoms with van der Waals surface area (Å²) in [5, 5.41) is 13.1. The number of imide groups is 1. The second-order valence-corrected chi connectivity index (χ2v) is 6.58. The standard InChI is InChI=1S/C20H15F2N3O6/c1-10-17(11(2)26)18(15-8-3-12(21)9-16(15)22)24(19(27)23-10)20(28)31-14-6-4-13(5-7-14)25(29)30/h3-9,18H,1-2H3,(H,23,27). The van der Waals surface area contributed by atoms with E-state index in [0.717, 1.165) is 36.4 Å². The summed E-state index contributed by atoms with van der Waals surface area (Å²) in [6.07, 6.45) is -1.27. The van der Waals surface area contributed by atoms with Crippen LogP contribution >= 0.6 is 0 Å². The topological polar surface area (TPSA) is 119 Å². The molecule has 3 amide bonds. The zero-order valence-corrected chi connectivity index (χ0v) is 16.2. The molecule has 0 spiro atoms. The van der Waals surface area contributed by atoms with E-state index in [9.17, 15) is 33.3 Å². The molecule has 0 aliphatic carbocycles. The molecule has 160 valence electrons. The van der Waals surface area contributed by atoms with E-state index in [-0.39, 0.29) is 28.3 Å². The van der Waals surface area contributed by atoms with Gasteiger partial charge < -0.3 is 10.1 Å². The molecular weight excluding hydrogens is 416 g/mol. The van der Waals surface area contributed by atoms with Crippen LogP contribution in [0, 0.1) is 21.7 Å². The normalized spacial score (nSPS) is 16.1. The zero-order chi connectivity index (χ0) is 22.9. The average molecular weight is 431 g/mol. The van der Waals surface area contributed by atoms with Gasteiger partial charge in [0.2, 0.25) is 0 Å². The lowest BCUT2D eigenvalue weighted by Gasteiger charge is -2.35. The molecule has 31 heavy (non-hydrogen) atoms. The van der Waals surface area contributed by atoms with E-state index in [4.69, 9.17) is 4.74 Å². The molecule has 1 N–H and O–H groups in total. The Hall–Kier alpha value is -4.15. The van der Waals surface area contributed by atoms with Gasteiger partial charge >= 0.3 is 12.1 Å². The Bertz CT molecular complexity index is 1130. The number of non-ortho nitro benzene ring substituents is 1. The highest BCUT2D eigenvalue weighted by molar-refractivity contribution is 6.02. The largest absolute Gasteiger partial charge is 0.424 e. The van der Waals surface area contributed by atoms with Gasteiger partial charge in [-0.3, -0.25) is 14.9 Å². The molecule has 2 aromatic rings. The molecule has 0 fully saturated rings. The maximum atomic E-state index is 14.6. The van der Waals surface area contributed by atoms with Crippen molar-refractivity contribution in [3.05, 3.63) is 81.0 Å². The third-order valence-corrected chi connectivity index (χ3v) is 4.53. The van der Waals surface area contributed by atoms with Crippen LogP contribution in [0.3, 0.4) is 0 Å². The van der Waals surface area contributed by atoms with E-state index in [0.29, 0.717) is 11.0 Å². The number of amides is 3. The van der Waals surface area contributed by atoms with Gasteiger partial charge in [-0.25, -0.2) is 23.3 Å². The van der Waals surface area contributed by atoms with Gasteiger partial charge in [-0.2, -0.15) is 0 Å². The molecule has 1 atom stereocenters. The van der Waals surface area contributed by atoms with Crippen molar-refractivity contribution >= 4 is 23.6 Å². The highest BCUT2D eigenvalue weighted by Gasteiger charge is 2.42. The van der Waals surface area contributed by atoms with Gasteiger partial charge in [0, 0.05) is 35.0 Å². The van der Waals surface area contributed by atoms with Crippen molar-refractivity contribution in [3.63, 3.8) is 0 Å². The van der Waals surface area contributed by atoms with E-state index in [1.807, 2.05) is 0 Å². The minimum Gasteiger partial charge on any atom is -0.410 e. The molecule has 0 saturated heterocycles. The summed E-state index contributed by atoms with van der Waals surface area (Å²) < 4.78 is 33.1. The van der Waals surface area contributed by atoms with Crippen LogP contribution in [0.4, 0.5) is 24.1 Å². The number of carbonyl (C=O) groups excluding carboxylic acids is 3. The van der Waals surface area contributed by atoms with Crippen LogP contribution in [0.15, 0.2) is 53.7 Å². The van der Waals surface area contributed by atoms with E-state index in [1.54, 1.807) is 0 Å². The summed E-state index contributed by atoms with van der Waals surface area (Å²) >= 11 is 0. The lowest BCUT2D eigenvalue weighted by atomic mass is 9.91. The predicted molar refractivity (Wildman–Crippen MR) is 102 cm³/mol. The maximum Gasteiger partial charge on any atom is 0.424 e. The second-order valence-electron chi connectivity index (χ2n) is 6.58. The lowest BCUT2D eigenvalue weighted by molar-refractivity contribution is -0.384. The Balaban J connectivity index is 2.04. The van der Waals surface area contributed by atoms with Gasteiger partial charge in [0.15, 0.2) is 5.78 Å². The first kappa shape index (κ1) is 21.6. The number of benzene rings is 2. The number of nitro benzene ring substituents is 1. The number of nitro groups is 1. The number of ether oxygens (including phenoxy) is 1. The molecule has 1 heterocycles. The van der Waals surface area contributed by atoms with Crippen molar-refractivity contribution in [2.75, 3.05) is 0 Å². The molecule has 9 nitrogen and oxygen atoms in total. The number of nitrogens with zero attached hydrogens (tertiary/aromatic N) is 2. The molecule has 1 aliphatic heterocycles. The minimum absolute atomic E-state index is 0.0919. The summed E-state index contributed by atoms with van der Waals surface area (Å²) in [6, 6.07) is 4.45. The highest BCUT2D eigenvalue weighted by Crippen LogP contribution is 2.36. The molecule has 0 aromatic heterocycles. The van der Waals surface area contributed by atoms with E-state index < -0.39 is 40.5 Å². The summed E-state index contributed by atoms with van der Waals surface area (Å²) in [4.78, 5) is 48.2. The third-order valence-electron chi connectivity index (χ3n) is 4.53. The Morgan fingerprint density at radius 1 is 1.16 bits per heavy atom. The smallest absolute Gasteiger partial charge is 0.410 e. The Labute approximate surface area is 174 Å². The van der Waals surface area contributed by atoms with Gasteiger partial charge in [0.1, 0.15) is 23.4 Å². The van der Waals surface area contributed by atoms with Crippen molar-refractivity contribution in [2.24, 2.45) is 0 Å². The van der Waals surface area contributed by atoms with Crippen molar-refractivity contribution in [1.82, 2.24) is 10.2 Å². The van der Waals surface area contributed by atoms with Crippen LogP contribution in [-0.4, -0.2) is 27.7 Å². The van der Waals surface area contributed by atoms with Gasteiger partial charge in [0.05, 0.1) is 4.92 Å². The SMILES string of the molecule is CC(=O)C1=C(C)NC(=O)N(C(=O)Oc2ccc([N+](=O)[O-])cc2)C1c1ccc(F)cc1F.